The van der Waals surface area contributed by atoms with Crippen molar-refractivity contribution in [3.05, 3.63) is 65.5 Å². The SMILES string of the molecule is CCN(CC)C(=O)Cn1c(CCCCCNC(=O)Cc2ccccc2C)nc2ccccc21. The molecule has 0 aliphatic heterocycles. The van der Waals surface area contributed by atoms with Crippen LogP contribution in [0.15, 0.2) is 48.5 Å². The zero-order chi connectivity index (χ0) is 23.6. The van der Waals surface area contributed by atoms with Crippen molar-refractivity contribution in [3.8, 4) is 0 Å². The third-order valence-corrected chi connectivity index (χ3v) is 6.15. The molecule has 0 aliphatic rings. The molecule has 2 amide bonds. The number of nitrogens with one attached hydrogen (secondary N) is 1. The van der Waals surface area contributed by atoms with Gasteiger partial charge in [-0.2, -0.15) is 0 Å². The largest absolute Gasteiger partial charge is 0.356 e. The van der Waals surface area contributed by atoms with E-state index in [-0.39, 0.29) is 11.8 Å². The van der Waals surface area contributed by atoms with Gasteiger partial charge in [-0.05, 0) is 56.9 Å². The number of nitrogens with zero attached hydrogens (tertiary/aromatic N) is 3. The smallest absolute Gasteiger partial charge is 0.242 e. The average molecular weight is 449 g/mol. The Morgan fingerprint density at radius 1 is 0.970 bits per heavy atom. The fourth-order valence-corrected chi connectivity index (χ4v) is 4.16. The molecular weight excluding hydrogens is 412 g/mol. The molecule has 1 N–H and O–H groups in total. The highest BCUT2D eigenvalue weighted by molar-refractivity contribution is 5.81. The first-order valence-corrected chi connectivity index (χ1v) is 12.1. The molecule has 0 unspecified atom stereocenters. The van der Waals surface area contributed by atoms with Gasteiger partial charge in [0, 0.05) is 26.1 Å². The molecule has 33 heavy (non-hydrogen) atoms. The first-order chi connectivity index (χ1) is 16.0. The van der Waals surface area contributed by atoms with Crippen LogP contribution < -0.4 is 5.32 Å². The van der Waals surface area contributed by atoms with Crippen molar-refractivity contribution in [1.82, 2.24) is 19.8 Å². The maximum absolute atomic E-state index is 12.7. The number of rotatable bonds is 12. The van der Waals surface area contributed by atoms with Gasteiger partial charge in [0.05, 0.1) is 17.5 Å². The summed E-state index contributed by atoms with van der Waals surface area (Å²) in [5.74, 6) is 1.15. The molecule has 0 atom stereocenters. The number of fused-ring (bicyclic) bond motifs is 1. The molecule has 0 spiro atoms. The molecular formula is C27H36N4O2. The van der Waals surface area contributed by atoms with Gasteiger partial charge in [-0.25, -0.2) is 4.98 Å². The maximum Gasteiger partial charge on any atom is 0.242 e. The number of imidazole rings is 1. The summed E-state index contributed by atoms with van der Waals surface area (Å²) in [7, 11) is 0. The molecule has 2 aromatic carbocycles. The normalized spacial score (nSPS) is 11.0. The fourth-order valence-electron chi connectivity index (χ4n) is 4.16. The number of aryl methyl sites for hydroxylation is 2. The van der Waals surface area contributed by atoms with Gasteiger partial charge in [-0.15, -0.1) is 0 Å². The summed E-state index contributed by atoms with van der Waals surface area (Å²) in [4.78, 5) is 31.6. The number of carbonyl (C=O) groups excluding carboxylic acids is 2. The average Bonchev–Trinajstić information content (AvgIpc) is 3.15. The lowest BCUT2D eigenvalue weighted by atomic mass is 10.1. The first-order valence-electron chi connectivity index (χ1n) is 12.1. The lowest BCUT2D eigenvalue weighted by Crippen LogP contribution is -2.33. The van der Waals surface area contributed by atoms with Gasteiger partial charge in [0.1, 0.15) is 12.4 Å². The number of carbonyl (C=O) groups is 2. The van der Waals surface area contributed by atoms with Gasteiger partial charge in [0.15, 0.2) is 0 Å². The molecule has 3 rings (SSSR count). The molecule has 0 radical (unpaired) electrons. The fraction of sp³-hybridized carbons (Fsp3) is 0.444. The van der Waals surface area contributed by atoms with E-state index in [1.165, 1.54) is 0 Å². The summed E-state index contributed by atoms with van der Waals surface area (Å²) < 4.78 is 2.07. The number of likely N-dealkylation sites (N-methyl/N-ethyl adjacent to an activating group) is 1. The van der Waals surface area contributed by atoms with Crippen LogP contribution in [0.1, 0.15) is 50.1 Å². The minimum Gasteiger partial charge on any atom is -0.356 e. The Labute approximate surface area is 197 Å². The van der Waals surface area contributed by atoms with E-state index in [9.17, 15) is 9.59 Å². The van der Waals surface area contributed by atoms with Gasteiger partial charge >= 0.3 is 0 Å². The Morgan fingerprint density at radius 3 is 2.45 bits per heavy atom. The molecule has 3 aromatic rings. The molecule has 0 bridgehead atoms. The number of para-hydroxylation sites is 2. The topological polar surface area (TPSA) is 67.2 Å². The zero-order valence-electron chi connectivity index (χ0n) is 20.1. The number of hydrogen-bond acceptors (Lipinski definition) is 3. The highest BCUT2D eigenvalue weighted by Gasteiger charge is 2.16. The number of aromatic nitrogens is 2. The van der Waals surface area contributed by atoms with Crippen LogP contribution in [0.2, 0.25) is 0 Å². The molecule has 0 fully saturated rings. The molecule has 0 aliphatic carbocycles. The third kappa shape index (κ3) is 6.67. The Hall–Kier alpha value is -3.15. The van der Waals surface area contributed by atoms with Crippen LogP contribution in [0.25, 0.3) is 11.0 Å². The Bertz CT molecular complexity index is 1070. The minimum absolute atomic E-state index is 0.0704. The second-order valence-electron chi connectivity index (χ2n) is 8.43. The van der Waals surface area contributed by atoms with Crippen molar-refractivity contribution >= 4 is 22.8 Å². The predicted octanol–water partition coefficient (Wildman–Crippen LogP) is 4.28. The number of amides is 2. The molecule has 6 nitrogen and oxygen atoms in total. The molecule has 6 heteroatoms. The molecule has 0 saturated heterocycles. The highest BCUT2D eigenvalue weighted by atomic mass is 16.2. The molecule has 1 heterocycles. The summed E-state index contributed by atoms with van der Waals surface area (Å²) in [6.45, 7) is 8.49. The van der Waals surface area contributed by atoms with E-state index in [1.54, 1.807) is 0 Å². The van der Waals surface area contributed by atoms with E-state index in [2.05, 4.69) is 9.88 Å². The second kappa shape index (κ2) is 12.2. The van der Waals surface area contributed by atoms with E-state index in [4.69, 9.17) is 4.98 Å². The number of benzene rings is 2. The lowest BCUT2D eigenvalue weighted by molar-refractivity contribution is -0.131. The van der Waals surface area contributed by atoms with Crippen LogP contribution in [-0.4, -0.2) is 45.9 Å². The number of unbranched alkanes of at least 4 members (excludes halogenated alkanes) is 2. The van der Waals surface area contributed by atoms with Crippen LogP contribution in [0.5, 0.6) is 0 Å². The van der Waals surface area contributed by atoms with Gasteiger partial charge in [-0.3, -0.25) is 9.59 Å². The van der Waals surface area contributed by atoms with Crippen LogP contribution in [0.4, 0.5) is 0 Å². The lowest BCUT2D eigenvalue weighted by Gasteiger charge is -2.20. The first kappa shape index (κ1) is 24.5. The van der Waals surface area contributed by atoms with Crippen molar-refractivity contribution in [2.75, 3.05) is 19.6 Å². The van der Waals surface area contributed by atoms with Crippen molar-refractivity contribution in [2.45, 2.75) is 59.4 Å². The molecule has 0 saturated carbocycles. The molecule has 176 valence electrons. The minimum atomic E-state index is 0.0704. The van der Waals surface area contributed by atoms with E-state index >= 15 is 0 Å². The summed E-state index contributed by atoms with van der Waals surface area (Å²) in [6, 6.07) is 16.0. The quantitative estimate of drug-likeness (QED) is 0.421. The van der Waals surface area contributed by atoms with Crippen molar-refractivity contribution in [1.29, 1.82) is 0 Å². The Kier molecular flexibility index (Phi) is 9.04. The monoisotopic (exact) mass is 448 g/mol. The zero-order valence-corrected chi connectivity index (χ0v) is 20.1. The summed E-state index contributed by atoms with van der Waals surface area (Å²) in [6.07, 6.45) is 4.14. The maximum atomic E-state index is 12.7. The van der Waals surface area contributed by atoms with Gasteiger partial charge in [0.25, 0.3) is 0 Å². The summed E-state index contributed by atoms with van der Waals surface area (Å²) >= 11 is 0. The van der Waals surface area contributed by atoms with Gasteiger partial charge in [0.2, 0.25) is 11.8 Å². The number of hydrogen-bond donors (Lipinski definition) is 1. The van der Waals surface area contributed by atoms with Crippen molar-refractivity contribution < 1.29 is 9.59 Å². The second-order valence-corrected chi connectivity index (χ2v) is 8.43. The molecule has 1 aromatic heterocycles. The summed E-state index contributed by atoms with van der Waals surface area (Å²) in [5, 5.41) is 3.03. The highest BCUT2D eigenvalue weighted by Crippen LogP contribution is 2.18. The van der Waals surface area contributed by atoms with E-state index in [0.29, 0.717) is 32.6 Å². The van der Waals surface area contributed by atoms with Gasteiger partial charge in [-0.1, -0.05) is 42.8 Å². The van der Waals surface area contributed by atoms with Crippen LogP contribution >= 0.6 is 0 Å². The summed E-state index contributed by atoms with van der Waals surface area (Å²) in [5.41, 5.74) is 4.17. The Morgan fingerprint density at radius 2 is 1.70 bits per heavy atom. The Balaban J connectivity index is 1.49. The van der Waals surface area contributed by atoms with Crippen LogP contribution in [0.3, 0.4) is 0 Å². The van der Waals surface area contributed by atoms with Gasteiger partial charge < -0.3 is 14.8 Å². The van der Waals surface area contributed by atoms with Crippen molar-refractivity contribution in [2.24, 2.45) is 0 Å². The standard InChI is InChI=1S/C27H36N4O2/c1-4-30(5-2)27(33)20-31-24-16-11-10-15-23(24)29-25(31)17-7-6-12-18-28-26(32)19-22-14-9-8-13-21(22)3/h8-11,13-16H,4-7,12,17-20H2,1-3H3,(H,28,32). The van der Waals surface area contributed by atoms with E-state index < -0.39 is 0 Å². The van der Waals surface area contributed by atoms with Crippen LogP contribution in [-0.2, 0) is 29.0 Å². The van der Waals surface area contributed by atoms with Crippen molar-refractivity contribution in [3.63, 3.8) is 0 Å². The van der Waals surface area contributed by atoms with Crippen LogP contribution in [0, 0.1) is 6.92 Å². The van der Waals surface area contributed by atoms with E-state index in [0.717, 1.165) is 53.7 Å². The third-order valence-electron chi connectivity index (χ3n) is 6.15. The predicted molar refractivity (Wildman–Crippen MR) is 133 cm³/mol. The van der Waals surface area contributed by atoms with E-state index in [1.807, 2.05) is 74.2 Å².